The van der Waals surface area contributed by atoms with Crippen molar-refractivity contribution in [3.63, 3.8) is 0 Å². The van der Waals surface area contributed by atoms with Gasteiger partial charge in [-0.1, -0.05) is 0 Å². The lowest BCUT2D eigenvalue weighted by Gasteiger charge is -2.18. The molecule has 0 spiro atoms. The highest BCUT2D eigenvalue weighted by Gasteiger charge is 2.44. The first-order valence-corrected chi connectivity index (χ1v) is 12.4. The van der Waals surface area contributed by atoms with Crippen LogP contribution in [0.4, 0.5) is 0 Å². The molecule has 3 heterocycles. The van der Waals surface area contributed by atoms with E-state index in [9.17, 15) is 31.6 Å². The largest absolute Gasteiger partial charge is 0.264 e. The van der Waals surface area contributed by atoms with E-state index in [4.69, 9.17) is 0 Å². The summed E-state index contributed by atoms with van der Waals surface area (Å²) in [6, 6.07) is 17.5. The molecule has 3 aromatic heterocycles. The van der Waals surface area contributed by atoms with Gasteiger partial charge in [-0.05, 0) is 51.6 Å². The normalized spacial score (nSPS) is 12.0. The van der Waals surface area contributed by atoms with Crippen LogP contribution in [0.1, 0.15) is 33.4 Å². The van der Waals surface area contributed by atoms with E-state index in [2.05, 4.69) is 15.0 Å². The van der Waals surface area contributed by atoms with Gasteiger partial charge in [0.1, 0.15) is 53.1 Å². The molecule has 7 rings (SSSR count). The minimum Gasteiger partial charge on any atom is -0.264 e. The number of nitriles is 6. The van der Waals surface area contributed by atoms with E-state index in [1.165, 1.54) is 0 Å². The van der Waals surface area contributed by atoms with E-state index < -0.39 is 0 Å². The number of rotatable bonds is 0. The average Bonchev–Trinajstić information content (AvgIpc) is 3.66. The molecular formula is C33H9N9. The van der Waals surface area contributed by atoms with E-state index in [0.717, 1.165) is 0 Å². The van der Waals surface area contributed by atoms with Gasteiger partial charge in [0.2, 0.25) is 0 Å². The van der Waals surface area contributed by atoms with Crippen LogP contribution in [0.2, 0.25) is 0 Å². The molecule has 3 aliphatic carbocycles. The average molecular weight is 531 g/mol. The van der Waals surface area contributed by atoms with Gasteiger partial charge in [-0.2, -0.15) is 31.6 Å². The Hall–Kier alpha value is -7.17. The van der Waals surface area contributed by atoms with E-state index in [1.807, 2.05) is 36.4 Å². The number of fused-ring (bicyclic) bond motifs is 12. The van der Waals surface area contributed by atoms with Crippen molar-refractivity contribution >= 4 is 16.7 Å². The fourth-order valence-electron chi connectivity index (χ4n) is 6.34. The van der Waals surface area contributed by atoms with Crippen LogP contribution in [-0.4, -0.2) is 15.0 Å². The van der Waals surface area contributed by atoms with E-state index in [-0.39, 0.29) is 16.7 Å². The maximum Gasteiger partial charge on any atom is 0.138 e. The lowest BCUT2D eigenvalue weighted by Crippen LogP contribution is -1.99. The summed E-state index contributed by atoms with van der Waals surface area (Å²) in [6.45, 7) is 0. The maximum atomic E-state index is 10.1. The summed E-state index contributed by atoms with van der Waals surface area (Å²) in [5.41, 5.74) is 7.64. The first-order chi connectivity index (χ1) is 20.6. The monoisotopic (exact) mass is 531 g/mol. The highest BCUT2D eigenvalue weighted by Crippen LogP contribution is 2.64. The van der Waals surface area contributed by atoms with Crippen molar-refractivity contribution in [1.82, 2.24) is 15.0 Å². The molecule has 9 heteroatoms. The Morgan fingerprint density at radius 2 is 0.643 bits per heavy atom. The minimum absolute atomic E-state index is 0.150. The number of hydrogen-bond donors (Lipinski definition) is 0. The zero-order valence-corrected chi connectivity index (χ0v) is 21.2. The van der Waals surface area contributed by atoms with Crippen molar-refractivity contribution in [3.05, 3.63) is 105 Å². The first-order valence-electron chi connectivity index (χ1n) is 12.4. The quantitative estimate of drug-likeness (QED) is 0.233. The predicted molar refractivity (Wildman–Crippen MR) is 148 cm³/mol. The summed E-state index contributed by atoms with van der Waals surface area (Å²) in [5.74, 6) is 0. The lowest BCUT2D eigenvalue weighted by molar-refractivity contribution is 1.32. The third-order valence-electron chi connectivity index (χ3n) is 7.75. The van der Waals surface area contributed by atoms with Crippen molar-refractivity contribution in [2.24, 2.45) is 0 Å². The molecule has 3 aliphatic rings. The summed E-state index contributed by atoms with van der Waals surface area (Å²) in [6.07, 6.45) is 9.53. The molecule has 0 aliphatic heterocycles. The van der Waals surface area contributed by atoms with Crippen LogP contribution in [0.5, 0.6) is 0 Å². The second-order valence-electron chi connectivity index (χ2n) is 9.43. The third-order valence-corrected chi connectivity index (χ3v) is 7.75. The number of allylic oxidation sites excluding steroid dienone is 3. The van der Waals surface area contributed by atoms with Crippen molar-refractivity contribution in [2.45, 2.75) is 0 Å². The van der Waals surface area contributed by atoms with Crippen LogP contribution in [0.15, 0.2) is 72.1 Å². The topological polar surface area (TPSA) is 181 Å². The second-order valence-corrected chi connectivity index (χ2v) is 9.43. The van der Waals surface area contributed by atoms with Gasteiger partial charge in [-0.25, -0.2) is 0 Å². The molecule has 0 saturated heterocycles. The summed E-state index contributed by atoms with van der Waals surface area (Å²) in [5, 5.41) is 60.5. The van der Waals surface area contributed by atoms with Gasteiger partial charge >= 0.3 is 0 Å². The second kappa shape index (κ2) is 8.68. The smallest absolute Gasteiger partial charge is 0.138 e. The standard InChI is InChI=1S/C33H9N9/c34-7-16(8-35)25-22-13-40-4-1-19(22)28-31(25)29-21-3-6-42-15-24(21)27(18(11-38)12-39)33(29)30-20-2-5-41-14-23(20)26(32(28)30)17(9-36)10-37/h1-6,13-15H. The molecule has 0 bridgehead atoms. The highest BCUT2D eigenvalue weighted by molar-refractivity contribution is 6.24. The number of pyridine rings is 3. The molecule has 9 nitrogen and oxygen atoms in total. The molecule has 0 N–H and O–H groups in total. The van der Waals surface area contributed by atoms with Gasteiger partial charge in [-0.3, -0.25) is 15.0 Å². The number of aromatic nitrogens is 3. The van der Waals surface area contributed by atoms with Crippen molar-refractivity contribution in [2.75, 3.05) is 0 Å². The Balaban J connectivity index is 1.88. The first kappa shape index (κ1) is 23.9. The fourth-order valence-corrected chi connectivity index (χ4v) is 6.34. The van der Waals surface area contributed by atoms with Crippen LogP contribution in [-0.2, 0) is 0 Å². The molecule has 0 atom stereocenters. The third kappa shape index (κ3) is 2.76. The fraction of sp³-hybridized carbons (Fsp3) is 0. The van der Waals surface area contributed by atoms with Gasteiger partial charge in [0.15, 0.2) is 0 Å². The Morgan fingerprint density at radius 3 is 0.881 bits per heavy atom. The molecule has 186 valence electrons. The van der Waals surface area contributed by atoms with Crippen LogP contribution >= 0.6 is 0 Å². The number of benzene rings is 1. The predicted octanol–water partition coefficient (Wildman–Crippen LogP) is 5.36. The summed E-state index contributed by atoms with van der Waals surface area (Å²) in [7, 11) is 0. The molecule has 4 aromatic rings. The zero-order chi connectivity index (χ0) is 29.1. The van der Waals surface area contributed by atoms with Crippen LogP contribution in [0.3, 0.4) is 0 Å². The van der Waals surface area contributed by atoms with Crippen molar-refractivity contribution < 1.29 is 0 Å². The summed E-state index contributed by atoms with van der Waals surface area (Å²) < 4.78 is 0. The Kier molecular flexibility index (Phi) is 4.94. The van der Waals surface area contributed by atoms with Crippen molar-refractivity contribution in [3.8, 4) is 69.8 Å². The molecule has 42 heavy (non-hydrogen) atoms. The molecule has 0 fully saturated rings. The summed E-state index contributed by atoms with van der Waals surface area (Å²) >= 11 is 0. The molecule has 0 amide bonds. The van der Waals surface area contributed by atoms with Crippen LogP contribution in [0.25, 0.3) is 50.1 Å². The van der Waals surface area contributed by atoms with Gasteiger partial charge in [-0.15, -0.1) is 0 Å². The van der Waals surface area contributed by atoms with Crippen LogP contribution in [0, 0.1) is 68.0 Å². The van der Waals surface area contributed by atoms with E-state index in [0.29, 0.717) is 83.5 Å². The molecular weight excluding hydrogens is 522 g/mol. The zero-order valence-electron chi connectivity index (χ0n) is 21.2. The summed E-state index contributed by atoms with van der Waals surface area (Å²) in [4.78, 5) is 12.8. The Morgan fingerprint density at radius 1 is 0.381 bits per heavy atom. The number of nitrogens with zero attached hydrogens (tertiary/aromatic N) is 9. The number of hydrogen-bond acceptors (Lipinski definition) is 9. The van der Waals surface area contributed by atoms with Gasteiger partial charge in [0.05, 0.1) is 0 Å². The Labute approximate surface area is 238 Å². The van der Waals surface area contributed by atoms with E-state index in [1.54, 1.807) is 55.4 Å². The molecule has 1 aromatic carbocycles. The Bertz CT molecular complexity index is 2030. The molecule has 0 saturated carbocycles. The SMILES string of the molecule is N#CC(C#N)=C1c2cnccc2-c2c1c1c(c3c2C(=C(C#N)C#N)c2cnccc2-3)C(=C(C#N)C#N)c2cnccc2-1. The van der Waals surface area contributed by atoms with Crippen molar-refractivity contribution in [1.29, 1.82) is 31.6 Å². The van der Waals surface area contributed by atoms with Gasteiger partial charge < -0.3 is 0 Å². The van der Waals surface area contributed by atoms with Gasteiger partial charge in [0, 0.05) is 87.3 Å². The molecule has 0 radical (unpaired) electrons. The van der Waals surface area contributed by atoms with Gasteiger partial charge in [0.25, 0.3) is 0 Å². The minimum atomic E-state index is -0.150. The molecule has 0 unspecified atom stereocenters. The maximum absolute atomic E-state index is 10.1. The van der Waals surface area contributed by atoms with Crippen LogP contribution < -0.4 is 0 Å². The lowest BCUT2D eigenvalue weighted by atomic mass is 9.82. The van der Waals surface area contributed by atoms with E-state index >= 15 is 0 Å². The highest BCUT2D eigenvalue weighted by atomic mass is 14.7.